The molecular weight excluding hydrogens is 228 g/mol. The van der Waals surface area contributed by atoms with Crippen molar-refractivity contribution < 1.29 is 9.53 Å². The molecule has 1 atom stereocenters. The van der Waals surface area contributed by atoms with E-state index in [9.17, 15) is 4.79 Å². The van der Waals surface area contributed by atoms with E-state index in [1.54, 1.807) is 7.11 Å². The van der Waals surface area contributed by atoms with Crippen LogP contribution in [-0.4, -0.2) is 38.8 Å². The molecule has 4 heteroatoms. The van der Waals surface area contributed by atoms with Gasteiger partial charge >= 0.3 is 0 Å². The molecule has 1 unspecified atom stereocenters. The zero-order valence-corrected chi connectivity index (χ0v) is 11.8. The summed E-state index contributed by atoms with van der Waals surface area (Å²) in [6.07, 6.45) is 7.82. The van der Waals surface area contributed by atoms with E-state index in [1.165, 1.54) is 32.1 Å². The van der Waals surface area contributed by atoms with E-state index in [1.807, 2.05) is 0 Å². The molecule has 0 aromatic carbocycles. The highest BCUT2D eigenvalue weighted by Gasteiger charge is 2.22. The van der Waals surface area contributed by atoms with Crippen molar-refractivity contribution in [1.29, 1.82) is 0 Å². The lowest BCUT2D eigenvalue weighted by atomic mass is 9.83. The van der Waals surface area contributed by atoms with Crippen LogP contribution in [0.15, 0.2) is 0 Å². The Morgan fingerprint density at radius 1 is 1.33 bits per heavy atom. The zero-order chi connectivity index (χ0) is 13.2. The first-order valence-corrected chi connectivity index (χ1v) is 7.27. The largest absolute Gasteiger partial charge is 0.383 e. The van der Waals surface area contributed by atoms with Crippen LogP contribution in [0.4, 0.5) is 0 Å². The topological polar surface area (TPSA) is 50.4 Å². The van der Waals surface area contributed by atoms with Gasteiger partial charge in [0.1, 0.15) is 0 Å². The van der Waals surface area contributed by atoms with E-state index < -0.39 is 0 Å². The molecule has 0 spiro atoms. The first-order chi connectivity index (χ1) is 8.77. The predicted molar refractivity (Wildman–Crippen MR) is 73.5 cm³/mol. The summed E-state index contributed by atoms with van der Waals surface area (Å²) in [6, 6.07) is 0.499. The lowest BCUT2D eigenvalue weighted by Crippen LogP contribution is -2.43. The molecule has 18 heavy (non-hydrogen) atoms. The van der Waals surface area contributed by atoms with Crippen molar-refractivity contribution in [2.45, 2.75) is 51.5 Å². The molecule has 2 N–H and O–H groups in total. The van der Waals surface area contributed by atoms with Crippen LogP contribution in [0.5, 0.6) is 0 Å². The molecule has 0 bridgehead atoms. The summed E-state index contributed by atoms with van der Waals surface area (Å²) in [4.78, 5) is 11.6. The minimum absolute atomic E-state index is 0.0707. The molecule has 1 aliphatic rings. The van der Waals surface area contributed by atoms with Crippen molar-refractivity contribution in [3.8, 4) is 0 Å². The minimum Gasteiger partial charge on any atom is -0.383 e. The summed E-state index contributed by atoms with van der Waals surface area (Å²) in [7, 11) is 1.64. The fraction of sp³-hybridized carbons (Fsp3) is 0.929. The second-order valence-electron chi connectivity index (χ2n) is 5.14. The highest BCUT2D eigenvalue weighted by Crippen LogP contribution is 2.27. The van der Waals surface area contributed by atoms with Crippen LogP contribution < -0.4 is 10.6 Å². The molecule has 1 saturated carbocycles. The van der Waals surface area contributed by atoms with Crippen LogP contribution >= 0.6 is 0 Å². The molecule has 0 saturated heterocycles. The lowest BCUT2D eigenvalue weighted by Gasteiger charge is -2.30. The summed E-state index contributed by atoms with van der Waals surface area (Å²) in [6.45, 7) is 3.80. The molecule has 0 aromatic heterocycles. The molecule has 0 heterocycles. The highest BCUT2D eigenvalue weighted by molar-refractivity contribution is 5.77. The van der Waals surface area contributed by atoms with Crippen molar-refractivity contribution in [1.82, 2.24) is 10.6 Å². The monoisotopic (exact) mass is 256 g/mol. The van der Waals surface area contributed by atoms with Crippen LogP contribution in [0.1, 0.15) is 45.4 Å². The third-order valence-corrected chi connectivity index (χ3v) is 3.81. The quantitative estimate of drug-likeness (QED) is 0.650. The molecule has 1 fully saturated rings. The number of ether oxygens (including phenoxy) is 1. The Hall–Kier alpha value is -0.610. The van der Waals surface area contributed by atoms with Crippen molar-refractivity contribution in [2.24, 2.45) is 5.92 Å². The Balaban J connectivity index is 2.19. The van der Waals surface area contributed by atoms with Gasteiger partial charge in [-0.3, -0.25) is 4.79 Å². The van der Waals surface area contributed by atoms with Gasteiger partial charge in [0, 0.05) is 19.7 Å². The van der Waals surface area contributed by atoms with Gasteiger partial charge in [-0.2, -0.15) is 0 Å². The number of nitrogens with one attached hydrogen (secondary N) is 2. The van der Waals surface area contributed by atoms with Gasteiger partial charge < -0.3 is 15.4 Å². The Kier molecular flexibility index (Phi) is 8.01. The Morgan fingerprint density at radius 2 is 2.06 bits per heavy atom. The molecule has 1 rings (SSSR count). The second kappa shape index (κ2) is 9.34. The fourth-order valence-corrected chi connectivity index (χ4v) is 2.76. The van der Waals surface area contributed by atoms with Gasteiger partial charge in [-0.05, 0) is 25.2 Å². The molecule has 1 amide bonds. The van der Waals surface area contributed by atoms with Crippen molar-refractivity contribution in [3.05, 3.63) is 0 Å². The van der Waals surface area contributed by atoms with Gasteiger partial charge in [0.25, 0.3) is 0 Å². The van der Waals surface area contributed by atoms with Gasteiger partial charge in [-0.25, -0.2) is 0 Å². The Labute approximate surface area is 111 Å². The molecule has 0 aliphatic heterocycles. The lowest BCUT2D eigenvalue weighted by molar-refractivity contribution is -0.120. The number of carbonyl (C=O) groups excluding carboxylic acids is 1. The molecule has 106 valence electrons. The van der Waals surface area contributed by atoms with E-state index in [2.05, 4.69) is 17.6 Å². The number of hydrogen-bond acceptors (Lipinski definition) is 3. The minimum atomic E-state index is 0.0707. The maximum absolute atomic E-state index is 11.6. The molecule has 4 nitrogen and oxygen atoms in total. The molecule has 0 radical (unpaired) electrons. The van der Waals surface area contributed by atoms with Crippen molar-refractivity contribution in [2.75, 3.05) is 26.8 Å². The predicted octanol–water partition coefficient (Wildman–Crippen LogP) is 1.70. The molecule has 1 aliphatic carbocycles. The smallest absolute Gasteiger partial charge is 0.234 e. The average Bonchev–Trinajstić information content (AvgIpc) is 2.41. The van der Waals surface area contributed by atoms with Crippen LogP contribution in [0, 0.1) is 5.92 Å². The number of rotatable bonds is 8. The normalized spacial score (nSPS) is 18.6. The zero-order valence-electron chi connectivity index (χ0n) is 11.8. The van der Waals surface area contributed by atoms with E-state index >= 15 is 0 Å². The Morgan fingerprint density at radius 3 is 2.67 bits per heavy atom. The first-order valence-electron chi connectivity index (χ1n) is 7.27. The van der Waals surface area contributed by atoms with E-state index in [0.717, 1.165) is 12.3 Å². The maximum atomic E-state index is 11.6. The number of amides is 1. The summed E-state index contributed by atoms with van der Waals surface area (Å²) >= 11 is 0. The van der Waals surface area contributed by atoms with Crippen LogP contribution in [-0.2, 0) is 9.53 Å². The molecular formula is C14H28N2O2. The summed E-state index contributed by atoms with van der Waals surface area (Å²) in [5.74, 6) is 0.830. The van der Waals surface area contributed by atoms with Gasteiger partial charge in [0.2, 0.25) is 5.91 Å². The summed E-state index contributed by atoms with van der Waals surface area (Å²) in [5, 5.41) is 6.25. The van der Waals surface area contributed by atoms with Crippen molar-refractivity contribution in [3.63, 3.8) is 0 Å². The van der Waals surface area contributed by atoms with Gasteiger partial charge in [0.05, 0.1) is 13.2 Å². The summed E-state index contributed by atoms with van der Waals surface area (Å²) in [5.41, 5.74) is 0. The van der Waals surface area contributed by atoms with Gasteiger partial charge in [-0.15, -0.1) is 0 Å². The van der Waals surface area contributed by atoms with Crippen LogP contribution in [0.2, 0.25) is 0 Å². The first kappa shape index (κ1) is 15.4. The number of hydrogen-bond donors (Lipinski definition) is 2. The third-order valence-electron chi connectivity index (χ3n) is 3.81. The van der Waals surface area contributed by atoms with Crippen molar-refractivity contribution >= 4 is 5.91 Å². The number of methoxy groups -OCH3 is 1. The third kappa shape index (κ3) is 5.83. The van der Waals surface area contributed by atoms with E-state index in [4.69, 9.17) is 4.74 Å². The van der Waals surface area contributed by atoms with Gasteiger partial charge in [-0.1, -0.05) is 26.2 Å². The Bertz CT molecular complexity index is 228. The standard InChI is InChI=1S/C14H28N2O2/c1-3-13(12-7-5-4-6-8-12)16-11-14(17)15-9-10-18-2/h12-13,16H,3-11H2,1-2H3,(H,15,17). The van der Waals surface area contributed by atoms with Gasteiger partial charge in [0.15, 0.2) is 0 Å². The average molecular weight is 256 g/mol. The number of carbonyl (C=O) groups is 1. The molecule has 0 aromatic rings. The second-order valence-corrected chi connectivity index (χ2v) is 5.14. The van der Waals surface area contributed by atoms with E-state index in [-0.39, 0.29) is 5.91 Å². The van der Waals surface area contributed by atoms with Crippen LogP contribution in [0.25, 0.3) is 0 Å². The fourth-order valence-electron chi connectivity index (χ4n) is 2.76. The van der Waals surface area contributed by atoms with Crippen LogP contribution in [0.3, 0.4) is 0 Å². The SMILES string of the molecule is CCC(NCC(=O)NCCOC)C1CCCCC1. The summed E-state index contributed by atoms with van der Waals surface area (Å²) < 4.78 is 4.90. The van der Waals surface area contributed by atoms with E-state index in [0.29, 0.717) is 25.7 Å². The maximum Gasteiger partial charge on any atom is 0.234 e. The highest BCUT2D eigenvalue weighted by atomic mass is 16.5.